The maximum Gasteiger partial charge on any atom is 0.240 e. The van der Waals surface area contributed by atoms with Gasteiger partial charge in [0.15, 0.2) is 0 Å². The fourth-order valence-electron chi connectivity index (χ4n) is 1.57. The third-order valence-electron chi connectivity index (χ3n) is 2.52. The lowest BCUT2D eigenvalue weighted by Crippen LogP contribution is -2.01. The summed E-state index contributed by atoms with van der Waals surface area (Å²) < 4.78 is 19.0. The van der Waals surface area contributed by atoms with Crippen LogP contribution in [0.4, 0.5) is 10.2 Å². The fraction of sp³-hybridized carbons (Fsp3) is 0.143. The second kappa shape index (κ2) is 6.61. The summed E-state index contributed by atoms with van der Waals surface area (Å²) in [5, 5.41) is 12.2. The van der Waals surface area contributed by atoms with Crippen LogP contribution in [0, 0.1) is 17.1 Å². The van der Waals surface area contributed by atoms with E-state index < -0.39 is 5.82 Å². The number of halogens is 3. The first-order valence-electron chi connectivity index (χ1n) is 6.02. The summed E-state index contributed by atoms with van der Waals surface area (Å²) in [5.74, 6) is 0.0338. The minimum atomic E-state index is -0.674. The van der Waals surface area contributed by atoms with E-state index in [9.17, 15) is 4.39 Å². The van der Waals surface area contributed by atoms with Gasteiger partial charge in [0, 0.05) is 12.6 Å². The molecule has 7 heteroatoms. The van der Waals surface area contributed by atoms with Gasteiger partial charge < -0.3 is 10.1 Å². The van der Waals surface area contributed by atoms with Crippen LogP contribution in [-0.4, -0.2) is 11.5 Å². The van der Waals surface area contributed by atoms with Gasteiger partial charge in [0.1, 0.15) is 28.5 Å². The Morgan fingerprint density at radius 1 is 1.33 bits per heavy atom. The Morgan fingerprint density at radius 3 is 2.71 bits per heavy atom. The highest BCUT2D eigenvalue weighted by molar-refractivity contribution is 6.36. The molecular formula is C14H10Cl2FN3O. The van der Waals surface area contributed by atoms with Gasteiger partial charge in [-0.3, -0.25) is 0 Å². The molecule has 0 saturated carbocycles. The van der Waals surface area contributed by atoms with Gasteiger partial charge in [0.05, 0.1) is 10.6 Å². The van der Waals surface area contributed by atoms with Crippen LogP contribution in [-0.2, 0) is 0 Å². The number of anilines is 1. The number of ether oxygens (including phenoxy) is 1. The van der Waals surface area contributed by atoms with Crippen molar-refractivity contribution in [1.82, 2.24) is 4.98 Å². The zero-order chi connectivity index (χ0) is 15.4. The van der Waals surface area contributed by atoms with Crippen molar-refractivity contribution in [1.29, 1.82) is 5.26 Å². The molecule has 1 aromatic heterocycles. The Hall–Kier alpha value is -2.03. The lowest BCUT2D eigenvalue weighted by molar-refractivity contribution is 0.459. The van der Waals surface area contributed by atoms with Crippen LogP contribution in [0.1, 0.15) is 12.5 Å². The van der Waals surface area contributed by atoms with Crippen LogP contribution in [0.3, 0.4) is 0 Å². The lowest BCUT2D eigenvalue weighted by Gasteiger charge is -2.11. The Bertz CT molecular complexity index is 716. The maximum absolute atomic E-state index is 13.5. The predicted octanol–water partition coefficient (Wildman–Crippen LogP) is 4.62. The number of benzene rings is 1. The molecule has 0 aliphatic carbocycles. The molecule has 0 fully saturated rings. The van der Waals surface area contributed by atoms with Crippen LogP contribution in [0.15, 0.2) is 24.3 Å². The van der Waals surface area contributed by atoms with E-state index in [-0.39, 0.29) is 22.2 Å². The topological polar surface area (TPSA) is 57.9 Å². The average Bonchev–Trinajstić information content (AvgIpc) is 2.44. The molecule has 1 N–H and O–H groups in total. The van der Waals surface area contributed by atoms with Crippen LogP contribution in [0.2, 0.25) is 10.0 Å². The molecule has 2 rings (SSSR count). The van der Waals surface area contributed by atoms with E-state index >= 15 is 0 Å². The standard InChI is InChI=1S/C14H10Cl2FN3O/c1-2-19-13-10(15)6-11(16)14(20-13)21-9-4-3-8(7-18)12(17)5-9/h3-6H,2H2,1H3,(H,19,20). The van der Waals surface area contributed by atoms with Gasteiger partial charge in [-0.05, 0) is 25.1 Å². The van der Waals surface area contributed by atoms with Gasteiger partial charge in [-0.25, -0.2) is 4.39 Å². The van der Waals surface area contributed by atoms with E-state index in [0.717, 1.165) is 6.07 Å². The SMILES string of the molecule is CCNc1nc(Oc2ccc(C#N)c(F)c2)c(Cl)cc1Cl. The van der Waals surface area contributed by atoms with Gasteiger partial charge in [0.25, 0.3) is 0 Å². The molecule has 1 heterocycles. The van der Waals surface area contributed by atoms with Crippen molar-refractivity contribution in [2.45, 2.75) is 6.92 Å². The van der Waals surface area contributed by atoms with Crippen LogP contribution in [0.25, 0.3) is 0 Å². The molecule has 0 amide bonds. The molecule has 0 bridgehead atoms. The van der Waals surface area contributed by atoms with Crippen LogP contribution < -0.4 is 10.1 Å². The third-order valence-corrected chi connectivity index (χ3v) is 3.08. The molecule has 0 aliphatic heterocycles. The third kappa shape index (κ3) is 3.54. The van der Waals surface area contributed by atoms with Gasteiger partial charge in [-0.1, -0.05) is 23.2 Å². The van der Waals surface area contributed by atoms with E-state index in [1.54, 1.807) is 6.07 Å². The number of hydrogen-bond acceptors (Lipinski definition) is 4. The number of pyridine rings is 1. The molecule has 4 nitrogen and oxygen atoms in total. The smallest absolute Gasteiger partial charge is 0.240 e. The van der Waals surface area contributed by atoms with Gasteiger partial charge in [0.2, 0.25) is 5.88 Å². The number of rotatable bonds is 4. The molecule has 0 unspecified atom stereocenters. The Balaban J connectivity index is 2.33. The van der Waals surface area contributed by atoms with Crippen molar-refractivity contribution in [3.8, 4) is 17.7 Å². The maximum atomic E-state index is 13.5. The highest BCUT2D eigenvalue weighted by Crippen LogP contribution is 2.33. The average molecular weight is 326 g/mol. The quantitative estimate of drug-likeness (QED) is 0.890. The van der Waals surface area contributed by atoms with Crippen LogP contribution in [0.5, 0.6) is 11.6 Å². The minimum absolute atomic E-state index is 0.0640. The zero-order valence-corrected chi connectivity index (χ0v) is 12.5. The summed E-state index contributed by atoms with van der Waals surface area (Å²) in [4.78, 5) is 4.14. The van der Waals surface area contributed by atoms with E-state index in [0.29, 0.717) is 17.4 Å². The molecule has 0 spiro atoms. The van der Waals surface area contributed by atoms with E-state index in [1.807, 2.05) is 6.92 Å². The summed E-state index contributed by atoms with van der Waals surface area (Å²) in [5.41, 5.74) is -0.0640. The number of nitrogens with one attached hydrogen (secondary N) is 1. The second-order valence-corrected chi connectivity index (χ2v) is 4.81. The van der Waals surface area contributed by atoms with Crippen molar-refractivity contribution in [3.63, 3.8) is 0 Å². The number of hydrogen-bond donors (Lipinski definition) is 1. The number of aromatic nitrogens is 1. The van der Waals surface area contributed by atoms with E-state index in [1.165, 1.54) is 18.2 Å². The molecular weight excluding hydrogens is 316 g/mol. The molecule has 1 aromatic carbocycles. The first-order chi connectivity index (χ1) is 10.0. The van der Waals surface area contributed by atoms with Crippen molar-refractivity contribution in [2.24, 2.45) is 0 Å². The lowest BCUT2D eigenvalue weighted by atomic mass is 10.2. The van der Waals surface area contributed by atoms with Crippen LogP contribution >= 0.6 is 23.2 Å². The molecule has 0 atom stereocenters. The number of nitriles is 1. The monoisotopic (exact) mass is 325 g/mol. The van der Waals surface area contributed by atoms with Crippen molar-refractivity contribution in [3.05, 3.63) is 45.7 Å². The fourth-order valence-corrected chi connectivity index (χ4v) is 2.04. The van der Waals surface area contributed by atoms with Crippen molar-refractivity contribution < 1.29 is 9.13 Å². The Morgan fingerprint density at radius 2 is 2.10 bits per heavy atom. The molecule has 2 aromatic rings. The normalized spacial score (nSPS) is 10.0. The van der Waals surface area contributed by atoms with Crippen molar-refractivity contribution in [2.75, 3.05) is 11.9 Å². The van der Waals surface area contributed by atoms with Gasteiger partial charge in [-0.15, -0.1) is 0 Å². The summed E-state index contributed by atoms with van der Waals surface area (Å²) >= 11 is 12.0. The molecule has 0 saturated heterocycles. The second-order valence-electron chi connectivity index (χ2n) is 3.99. The summed E-state index contributed by atoms with van der Waals surface area (Å²) in [6, 6.07) is 7.09. The molecule has 0 radical (unpaired) electrons. The molecule has 108 valence electrons. The summed E-state index contributed by atoms with van der Waals surface area (Å²) in [6.45, 7) is 2.52. The molecule has 21 heavy (non-hydrogen) atoms. The first-order valence-corrected chi connectivity index (χ1v) is 6.78. The first kappa shape index (κ1) is 15.4. The Kier molecular flexibility index (Phi) is 4.84. The Labute approximate surface area is 131 Å². The minimum Gasteiger partial charge on any atom is -0.437 e. The summed E-state index contributed by atoms with van der Waals surface area (Å²) in [7, 11) is 0. The number of nitrogens with zero attached hydrogens (tertiary/aromatic N) is 2. The zero-order valence-electron chi connectivity index (χ0n) is 11.0. The highest BCUT2D eigenvalue weighted by atomic mass is 35.5. The van der Waals surface area contributed by atoms with E-state index in [4.69, 9.17) is 33.2 Å². The summed E-state index contributed by atoms with van der Waals surface area (Å²) in [6.07, 6.45) is 0. The van der Waals surface area contributed by atoms with Gasteiger partial charge in [-0.2, -0.15) is 10.2 Å². The van der Waals surface area contributed by atoms with E-state index in [2.05, 4.69) is 10.3 Å². The largest absolute Gasteiger partial charge is 0.437 e. The molecule has 0 aliphatic rings. The predicted molar refractivity (Wildman–Crippen MR) is 79.6 cm³/mol. The van der Waals surface area contributed by atoms with Gasteiger partial charge >= 0.3 is 0 Å². The van der Waals surface area contributed by atoms with Crippen molar-refractivity contribution >= 4 is 29.0 Å². The highest BCUT2D eigenvalue weighted by Gasteiger charge is 2.12.